The van der Waals surface area contributed by atoms with Crippen LogP contribution in [0.5, 0.6) is 0 Å². The van der Waals surface area contributed by atoms with Crippen LogP contribution in [0.2, 0.25) is 0 Å². The predicted molar refractivity (Wildman–Crippen MR) is 81.8 cm³/mol. The van der Waals surface area contributed by atoms with Crippen LogP contribution < -0.4 is 10.6 Å². The molecule has 2 amide bonds. The fraction of sp³-hybridized carbons (Fsp3) is 0.769. The number of hydrogen-bond donors (Lipinski definition) is 2. The maximum atomic E-state index is 12.1. The molecule has 0 aromatic heterocycles. The second-order valence-electron chi connectivity index (χ2n) is 4.61. The number of esters is 1. The van der Waals surface area contributed by atoms with Gasteiger partial charge in [0.2, 0.25) is 11.8 Å². The molecule has 2 N–H and O–H groups in total. The molecule has 0 saturated carbocycles. The summed E-state index contributed by atoms with van der Waals surface area (Å²) in [6.07, 6.45) is 0.00171. The molecule has 22 heavy (non-hydrogen) atoms. The van der Waals surface area contributed by atoms with E-state index >= 15 is 0 Å². The van der Waals surface area contributed by atoms with Crippen LogP contribution in [0.25, 0.3) is 0 Å². The van der Waals surface area contributed by atoms with Gasteiger partial charge >= 0.3 is 5.97 Å². The summed E-state index contributed by atoms with van der Waals surface area (Å²) in [5, 5.41) is 5.45. The summed E-state index contributed by atoms with van der Waals surface area (Å²) in [7, 11) is 1.58. The normalized spacial score (nSPS) is 17.6. The highest BCUT2D eigenvalue weighted by Crippen LogP contribution is 2.05. The smallest absolute Gasteiger partial charge is 0.325 e. The second-order valence-corrected chi connectivity index (χ2v) is 4.61. The first-order valence-corrected chi connectivity index (χ1v) is 7.02. The first-order chi connectivity index (χ1) is 10.1. The lowest BCUT2D eigenvalue weighted by Gasteiger charge is -2.32. The third kappa shape index (κ3) is 7.06. The lowest BCUT2D eigenvalue weighted by Crippen LogP contribution is -2.56. The van der Waals surface area contributed by atoms with Crippen molar-refractivity contribution in [3.05, 3.63) is 0 Å². The van der Waals surface area contributed by atoms with E-state index in [2.05, 4.69) is 10.6 Å². The zero-order valence-electron chi connectivity index (χ0n) is 12.9. The Morgan fingerprint density at radius 3 is 2.82 bits per heavy atom. The van der Waals surface area contributed by atoms with E-state index in [1.54, 1.807) is 18.9 Å². The van der Waals surface area contributed by atoms with E-state index in [-0.39, 0.29) is 43.8 Å². The van der Waals surface area contributed by atoms with Gasteiger partial charge in [0.1, 0.15) is 6.54 Å². The van der Waals surface area contributed by atoms with Crippen molar-refractivity contribution >= 4 is 30.2 Å². The fourth-order valence-corrected chi connectivity index (χ4v) is 2.01. The van der Waals surface area contributed by atoms with Crippen LogP contribution in [0.4, 0.5) is 0 Å². The van der Waals surface area contributed by atoms with Gasteiger partial charge in [0.05, 0.1) is 25.7 Å². The number of halogens is 1. The van der Waals surface area contributed by atoms with E-state index < -0.39 is 12.0 Å². The lowest BCUT2D eigenvalue weighted by molar-refractivity contribution is -0.143. The molecular weight excluding hydrogens is 314 g/mol. The second kappa shape index (κ2) is 11.2. The van der Waals surface area contributed by atoms with Crippen molar-refractivity contribution in [2.75, 3.05) is 46.5 Å². The van der Waals surface area contributed by atoms with Crippen LogP contribution >= 0.6 is 12.4 Å². The minimum absolute atomic E-state index is 0. The fourth-order valence-electron chi connectivity index (χ4n) is 2.01. The van der Waals surface area contributed by atoms with Crippen molar-refractivity contribution in [2.45, 2.75) is 19.4 Å². The van der Waals surface area contributed by atoms with Crippen molar-refractivity contribution in [1.82, 2.24) is 15.5 Å². The molecule has 128 valence electrons. The first kappa shape index (κ1) is 20.6. The molecule has 1 fully saturated rings. The van der Waals surface area contributed by atoms with Gasteiger partial charge in [-0.25, -0.2) is 0 Å². The molecule has 0 aromatic rings. The Morgan fingerprint density at radius 1 is 1.45 bits per heavy atom. The largest absolute Gasteiger partial charge is 0.465 e. The van der Waals surface area contributed by atoms with Crippen molar-refractivity contribution < 1.29 is 23.9 Å². The molecule has 1 atom stereocenters. The first-order valence-electron chi connectivity index (χ1n) is 7.02. The molecule has 0 aromatic carbocycles. The van der Waals surface area contributed by atoms with Crippen molar-refractivity contribution in [1.29, 1.82) is 0 Å². The Bertz CT molecular complexity index is 381. The summed E-state index contributed by atoms with van der Waals surface area (Å²) in [5.41, 5.74) is 0. The summed E-state index contributed by atoms with van der Waals surface area (Å²) in [4.78, 5) is 36.7. The van der Waals surface area contributed by atoms with E-state index in [0.29, 0.717) is 26.2 Å². The topological polar surface area (TPSA) is 97.0 Å². The van der Waals surface area contributed by atoms with Crippen LogP contribution in [-0.2, 0) is 23.9 Å². The molecule has 1 aliphatic rings. The number of rotatable bonds is 8. The van der Waals surface area contributed by atoms with Gasteiger partial charge in [0.25, 0.3) is 0 Å². The molecule has 1 heterocycles. The van der Waals surface area contributed by atoms with Gasteiger partial charge in [-0.05, 0) is 6.92 Å². The highest BCUT2D eigenvalue weighted by atomic mass is 35.5. The number of piperazine rings is 1. The third-order valence-corrected chi connectivity index (χ3v) is 3.07. The monoisotopic (exact) mass is 337 g/mol. The molecule has 1 unspecified atom stereocenters. The van der Waals surface area contributed by atoms with E-state index in [9.17, 15) is 14.4 Å². The number of carbonyl (C=O) groups is 3. The maximum absolute atomic E-state index is 12.1. The Labute approximate surface area is 136 Å². The van der Waals surface area contributed by atoms with Crippen LogP contribution in [0.3, 0.4) is 0 Å². The maximum Gasteiger partial charge on any atom is 0.325 e. The van der Waals surface area contributed by atoms with Gasteiger partial charge in [-0.15, -0.1) is 12.4 Å². The van der Waals surface area contributed by atoms with E-state index in [1.165, 1.54) is 0 Å². The summed E-state index contributed by atoms with van der Waals surface area (Å²) >= 11 is 0. The predicted octanol–water partition coefficient (Wildman–Crippen LogP) is -1.08. The SMILES string of the molecule is CCOC(=O)CNC(=O)CC1NCCN(CCOC)C1=O.Cl. The summed E-state index contributed by atoms with van der Waals surface area (Å²) in [5.74, 6) is -0.970. The number of methoxy groups -OCH3 is 1. The van der Waals surface area contributed by atoms with Gasteiger partial charge in [-0.2, -0.15) is 0 Å². The number of amides is 2. The highest BCUT2D eigenvalue weighted by molar-refractivity contribution is 5.90. The molecule has 8 nitrogen and oxygen atoms in total. The molecule has 0 bridgehead atoms. The van der Waals surface area contributed by atoms with Crippen molar-refractivity contribution in [3.8, 4) is 0 Å². The number of ether oxygens (including phenoxy) is 2. The lowest BCUT2D eigenvalue weighted by atomic mass is 10.1. The van der Waals surface area contributed by atoms with Crippen LogP contribution in [0.15, 0.2) is 0 Å². The number of hydrogen-bond acceptors (Lipinski definition) is 6. The van der Waals surface area contributed by atoms with Gasteiger partial charge < -0.3 is 25.0 Å². The molecule has 1 aliphatic heterocycles. The standard InChI is InChI=1S/C13H23N3O5.ClH/c1-3-21-12(18)9-15-11(17)8-10-13(19)16(5-4-14-10)6-7-20-2;/h10,14H,3-9H2,1-2H3,(H,15,17);1H. The average Bonchev–Trinajstić information content (AvgIpc) is 2.46. The van der Waals surface area contributed by atoms with Gasteiger partial charge in [0.15, 0.2) is 0 Å². The minimum atomic E-state index is -0.558. The van der Waals surface area contributed by atoms with Gasteiger partial charge in [0, 0.05) is 26.7 Å². The Kier molecular flexibility index (Phi) is 10.5. The molecule has 1 rings (SSSR count). The Balaban J connectivity index is 0.00000441. The minimum Gasteiger partial charge on any atom is -0.465 e. The molecule has 0 spiro atoms. The highest BCUT2D eigenvalue weighted by Gasteiger charge is 2.29. The quantitative estimate of drug-likeness (QED) is 0.547. The van der Waals surface area contributed by atoms with Crippen LogP contribution in [-0.4, -0.2) is 75.2 Å². The number of carbonyl (C=O) groups excluding carboxylic acids is 3. The molecule has 1 saturated heterocycles. The van der Waals surface area contributed by atoms with Crippen LogP contribution in [0, 0.1) is 0 Å². The van der Waals surface area contributed by atoms with E-state index in [1.807, 2.05) is 0 Å². The third-order valence-electron chi connectivity index (χ3n) is 3.07. The van der Waals surface area contributed by atoms with Crippen molar-refractivity contribution in [2.24, 2.45) is 0 Å². The summed E-state index contributed by atoms with van der Waals surface area (Å²) < 4.78 is 9.66. The Hall–Kier alpha value is -1.38. The van der Waals surface area contributed by atoms with Gasteiger partial charge in [-0.3, -0.25) is 14.4 Å². The Morgan fingerprint density at radius 2 is 2.18 bits per heavy atom. The van der Waals surface area contributed by atoms with Crippen LogP contribution in [0.1, 0.15) is 13.3 Å². The zero-order chi connectivity index (χ0) is 15.7. The molecule has 0 radical (unpaired) electrons. The summed E-state index contributed by atoms with van der Waals surface area (Å²) in [6.45, 7) is 3.99. The number of nitrogens with zero attached hydrogens (tertiary/aromatic N) is 1. The molecular formula is C13H24ClN3O5. The summed E-state index contributed by atoms with van der Waals surface area (Å²) in [6, 6.07) is -0.558. The average molecular weight is 338 g/mol. The number of nitrogens with one attached hydrogen (secondary N) is 2. The van der Waals surface area contributed by atoms with E-state index in [0.717, 1.165) is 0 Å². The van der Waals surface area contributed by atoms with E-state index in [4.69, 9.17) is 9.47 Å². The zero-order valence-corrected chi connectivity index (χ0v) is 13.7. The van der Waals surface area contributed by atoms with Gasteiger partial charge in [-0.1, -0.05) is 0 Å². The molecule has 0 aliphatic carbocycles. The molecule has 9 heteroatoms. The van der Waals surface area contributed by atoms with Crippen molar-refractivity contribution in [3.63, 3.8) is 0 Å².